The van der Waals surface area contributed by atoms with Gasteiger partial charge < -0.3 is 14.7 Å². The summed E-state index contributed by atoms with van der Waals surface area (Å²) in [6, 6.07) is 8.77. The zero-order valence-electron chi connectivity index (χ0n) is 24.1. The second-order valence-electron chi connectivity index (χ2n) is 11.0. The Kier molecular flexibility index (Phi) is 8.44. The molecule has 0 aliphatic carbocycles. The molecule has 230 valence electrons. The second kappa shape index (κ2) is 12.0. The van der Waals surface area contributed by atoms with Crippen molar-refractivity contribution in [1.29, 1.82) is 0 Å². The number of aromatic nitrogens is 4. The molecule has 0 unspecified atom stereocenters. The van der Waals surface area contributed by atoms with Crippen molar-refractivity contribution in [1.82, 2.24) is 23.9 Å². The van der Waals surface area contributed by atoms with Crippen LogP contribution in [0.3, 0.4) is 0 Å². The quantitative estimate of drug-likeness (QED) is 0.315. The number of sulfonamides is 1. The van der Waals surface area contributed by atoms with Crippen LogP contribution in [0.15, 0.2) is 47.6 Å². The summed E-state index contributed by atoms with van der Waals surface area (Å²) in [5.41, 5.74) is 4.87. The number of hydrogen-bond donors (Lipinski definition) is 1. The summed E-state index contributed by atoms with van der Waals surface area (Å²) in [6.07, 6.45) is 3.10. The van der Waals surface area contributed by atoms with Crippen molar-refractivity contribution in [3.8, 4) is 0 Å². The van der Waals surface area contributed by atoms with Gasteiger partial charge in [0.05, 0.1) is 32.2 Å². The van der Waals surface area contributed by atoms with Gasteiger partial charge in [0, 0.05) is 37.9 Å². The fourth-order valence-electron chi connectivity index (χ4n) is 6.04. The molecule has 0 radical (unpaired) electrons. The van der Waals surface area contributed by atoms with Gasteiger partial charge in [-0.25, -0.2) is 18.2 Å². The molecule has 6 rings (SSSR count). The van der Waals surface area contributed by atoms with Crippen LogP contribution >= 0.6 is 0 Å². The lowest BCUT2D eigenvalue weighted by Crippen LogP contribution is -2.50. The minimum absolute atomic E-state index is 0. The predicted octanol–water partition coefficient (Wildman–Crippen LogP) is 4.25. The first-order valence-corrected chi connectivity index (χ1v) is 15.4. The number of rotatable bonds is 6. The number of ether oxygens (including phenoxy) is 1. The van der Waals surface area contributed by atoms with Gasteiger partial charge in [-0.3, -0.25) is 9.20 Å². The van der Waals surface area contributed by atoms with E-state index in [-0.39, 0.29) is 43.6 Å². The maximum atomic E-state index is 14.1. The number of carboxylic acid groups (broad SMARTS) is 1. The van der Waals surface area contributed by atoms with E-state index in [0.29, 0.717) is 31.2 Å². The summed E-state index contributed by atoms with van der Waals surface area (Å²) < 4.78 is 37.3. The van der Waals surface area contributed by atoms with Crippen LogP contribution in [0.1, 0.15) is 53.4 Å². The summed E-state index contributed by atoms with van der Waals surface area (Å²) >= 11 is 0. The molecule has 44 heavy (non-hydrogen) atoms. The highest BCUT2D eigenvalue weighted by molar-refractivity contribution is 7.89. The highest BCUT2D eigenvalue weighted by Gasteiger charge is 2.40. The summed E-state index contributed by atoms with van der Waals surface area (Å²) in [7, 11) is -4.04. The van der Waals surface area contributed by atoms with Crippen LogP contribution in [0.5, 0.6) is 0 Å². The fraction of sp³-hybridized carbons (Fsp3) is 0.387. The molecule has 0 spiro atoms. The Bertz CT molecular complexity index is 1900. The number of pyridine rings is 2. The van der Waals surface area contributed by atoms with Gasteiger partial charge in [0.15, 0.2) is 5.65 Å². The molecule has 12 nitrogen and oxygen atoms in total. The van der Waals surface area contributed by atoms with Crippen molar-refractivity contribution < 1.29 is 23.1 Å². The Balaban J connectivity index is 0.00000384. The SMILES string of the molecule is C.[C-]#[N+]c1cnc2c(c1)S(=O)(=O)N(Cc1cc([C@H](CC(=O)O)c3ccn4c(C)nnc4c3C)ccc1C)C[C@H]1COCCN21. The van der Waals surface area contributed by atoms with Crippen LogP contribution < -0.4 is 4.90 Å². The Morgan fingerprint density at radius 2 is 2.00 bits per heavy atom. The Hall–Kier alpha value is -4.38. The van der Waals surface area contributed by atoms with Crippen molar-refractivity contribution in [2.45, 2.75) is 58.0 Å². The number of benzene rings is 1. The summed E-state index contributed by atoms with van der Waals surface area (Å²) in [4.78, 5) is 21.9. The Labute approximate surface area is 256 Å². The third kappa shape index (κ3) is 5.40. The number of morpholine rings is 1. The molecule has 3 aromatic heterocycles. The fourth-order valence-corrected chi connectivity index (χ4v) is 7.67. The van der Waals surface area contributed by atoms with E-state index in [2.05, 4.69) is 20.0 Å². The lowest BCUT2D eigenvalue weighted by atomic mass is 9.85. The topological polar surface area (TPSA) is 135 Å². The first-order valence-electron chi connectivity index (χ1n) is 13.9. The van der Waals surface area contributed by atoms with Crippen LogP contribution in [-0.4, -0.2) is 75.7 Å². The van der Waals surface area contributed by atoms with Gasteiger partial charge in [0.1, 0.15) is 16.5 Å². The van der Waals surface area contributed by atoms with Crippen LogP contribution in [0.2, 0.25) is 0 Å². The van der Waals surface area contributed by atoms with E-state index in [9.17, 15) is 18.3 Å². The van der Waals surface area contributed by atoms with Gasteiger partial charge >= 0.3 is 5.97 Å². The Morgan fingerprint density at radius 1 is 1.20 bits per heavy atom. The van der Waals surface area contributed by atoms with Crippen molar-refractivity contribution in [2.75, 3.05) is 31.2 Å². The van der Waals surface area contributed by atoms with Crippen LogP contribution in [0.25, 0.3) is 10.5 Å². The highest BCUT2D eigenvalue weighted by atomic mass is 32.2. The van der Waals surface area contributed by atoms with E-state index in [1.54, 1.807) is 0 Å². The third-order valence-corrected chi connectivity index (χ3v) is 10.2. The molecular weight excluding hydrogens is 582 g/mol. The van der Waals surface area contributed by atoms with Crippen molar-refractivity contribution >= 4 is 33.1 Å². The molecule has 5 heterocycles. The lowest BCUT2D eigenvalue weighted by Gasteiger charge is -2.36. The molecular formula is C31H35N7O5S. The molecule has 4 aromatic rings. The maximum Gasteiger partial charge on any atom is 0.304 e. The number of carboxylic acids is 1. The number of anilines is 1. The van der Waals surface area contributed by atoms with Crippen LogP contribution in [-0.2, 0) is 26.1 Å². The third-order valence-electron chi connectivity index (χ3n) is 8.39. The molecule has 13 heteroatoms. The maximum absolute atomic E-state index is 14.1. The predicted molar refractivity (Wildman–Crippen MR) is 165 cm³/mol. The summed E-state index contributed by atoms with van der Waals surface area (Å²) in [5, 5.41) is 18.3. The van der Waals surface area contributed by atoms with Gasteiger partial charge in [0.25, 0.3) is 0 Å². The van der Waals surface area contributed by atoms with Gasteiger partial charge in [-0.1, -0.05) is 25.6 Å². The number of fused-ring (bicyclic) bond motifs is 4. The first-order chi connectivity index (χ1) is 20.6. The molecule has 1 fully saturated rings. The van der Waals surface area contributed by atoms with E-state index < -0.39 is 21.9 Å². The molecule has 0 bridgehead atoms. The molecule has 1 N–H and O–H groups in total. The molecule has 2 aliphatic heterocycles. The van der Waals surface area contributed by atoms with Gasteiger partial charge in [-0.05, 0) is 60.7 Å². The van der Waals surface area contributed by atoms with Crippen molar-refractivity contribution in [2.24, 2.45) is 0 Å². The number of aryl methyl sites for hydroxylation is 3. The minimum atomic E-state index is -4.04. The van der Waals surface area contributed by atoms with E-state index in [1.807, 2.05) is 60.5 Å². The second-order valence-corrected chi connectivity index (χ2v) is 12.9. The largest absolute Gasteiger partial charge is 0.481 e. The first kappa shape index (κ1) is 31.1. The van der Waals surface area contributed by atoms with Crippen LogP contribution in [0, 0.1) is 27.3 Å². The average molecular weight is 618 g/mol. The van der Waals surface area contributed by atoms with E-state index in [1.165, 1.54) is 16.6 Å². The molecule has 0 amide bonds. The smallest absolute Gasteiger partial charge is 0.304 e. The van der Waals surface area contributed by atoms with Crippen molar-refractivity contribution in [3.63, 3.8) is 0 Å². The van der Waals surface area contributed by atoms with E-state index in [0.717, 1.165) is 33.6 Å². The standard InChI is InChI=1S/C30H31N7O5S.CH4/c1-18-5-6-21(26(13-28(38)39)25-7-8-36-20(3)33-34-29(36)19(25)2)11-22(18)15-35-16-24-17-42-10-9-37(24)30-27(43(35,40)41)12-23(31-4)14-32-30;/h5-8,11-12,14,24,26H,9-10,13,15-17H2,1-3H3,(H,38,39);1H4/t24-,26-;/m0./s1. The lowest BCUT2D eigenvalue weighted by molar-refractivity contribution is -0.137. The molecule has 0 saturated carbocycles. The number of carbonyl (C=O) groups is 1. The summed E-state index contributed by atoms with van der Waals surface area (Å²) in [5.74, 6) is -0.369. The minimum Gasteiger partial charge on any atom is -0.481 e. The molecule has 1 aromatic carbocycles. The van der Waals surface area contributed by atoms with Crippen molar-refractivity contribution in [3.05, 3.63) is 87.8 Å². The zero-order valence-corrected chi connectivity index (χ0v) is 24.9. The monoisotopic (exact) mass is 617 g/mol. The number of aliphatic carboxylic acids is 1. The highest BCUT2D eigenvalue weighted by Crippen LogP contribution is 2.37. The molecule has 2 atom stereocenters. The van der Waals surface area contributed by atoms with E-state index in [4.69, 9.17) is 11.3 Å². The van der Waals surface area contributed by atoms with Gasteiger partial charge in [-0.2, -0.15) is 4.31 Å². The zero-order chi connectivity index (χ0) is 30.5. The molecule has 1 saturated heterocycles. The number of hydrogen-bond acceptors (Lipinski definition) is 8. The normalized spacial score (nSPS) is 18.4. The summed E-state index contributed by atoms with van der Waals surface area (Å²) in [6.45, 7) is 14.6. The average Bonchev–Trinajstić information content (AvgIpc) is 3.34. The van der Waals surface area contributed by atoms with Gasteiger partial charge in [-0.15, -0.1) is 10.2 Å². The van der Waals surface area contributed by atoms with Gasteiger partial charge in [0.2, 0.25) is 15.7 Å². The van der Waals surface area contributed by atoms with E-state index >= 15 is 0 Å². The van der Waals surface area contributed by atoms with Crippen LogP contribution in [0.4, 0.5) is 11.5 Å². The molecule has 2 aliphatic rings. The number of nitrogens with zero attached hydrogens (tertiary/aromatic N) is 7. The Morgan fingerprint density at radius 3 is 2.75 bits per heavy atom.